The Morgan fingerprint density at radius 3 is 2.83 bits per heavy atom. The summed E-state index contributed by atoms with van der Waals surface area (Å²) in [5.41, 5.74) is 2.52. The second-order valence-electron chi connectivity index (χ2n) is 6.33. The van der Waals surface area contributed by atoms with E-state index in [2.05, 4.69) is 9.88 Å². The van der Waals surface area contributed by atoms with Crippen molar-refractivity contribution >= 4 is 5.97 Å². The fourth-order valence-electron chi connectivity index (χ4n) is 3.40. The van der Waals surface area contributed by atoms with Crippen molar-refractivity contribution in [3.05, 3.63) is 65.2 Å². The second-order valence-corrected chi connectivity index (χ2v) is 6.33. The normalized spacial score (nSPS) is 19.8. The van der Waals surface area contributed by atoms with E-state index in [9.17, 15) is 14.3 Å². The molecule has 1 aromatic carbocycles. The molecular weight excluding hydrogens is 307 g/mol. The standard InChI is InChI=1S/C19H21FN2O2/c1-13-5-2-9-17(21-13)18(14-6-3-8-16(20)11-14)22-10-4-7-15(12-22)19(23)24/h2-3,5-6,8-9,11,15,18H,4,7,10,12H2,1H3,(H,23,24). The molecule has 2 heterocycles. The lowest BCUT2D eigenvalue weighted by atomic mass is 9.93. The Kier molecular flexibility index (Phi) is 4.90. The van der Waals surface area contributed by atoms with Gasteiger partial charge in [-0.05, 0) is 56.1 Å². The van der Waals surface area contributed by atoms with E-state index in [1.807, 2.05) is 31.2 Å². The van der Waals surface area contributed by atoms with Crippen molar-refractivity contribution in [3.8, 4) is 0 Å². The van der Waals surface area contributed by atoms with Crippen molar-refractivity contribution in [3.63, 3.8) is 0 Å². The fourth-order valence-corrected chi connectivity index (χ4v) is 3.40. The maximum Gasteiger partial charge on any atom is 0.307 e. The number of piperidine rings is 1. The van der Waals surface area contributed by atoms with Gasteiger partial charge >= 0.3 is 5.97 Å². The van der Waals surface area contributed by atoms with Gasteiger partial charge in [0.25, 0.3) is 0 Å². The molecule has 0 spiro atoms. The number of rotatable bonds is 4. The summed E-state index contributed by atoms with van der Waals surface area (Å²) in [5.74, 6) is -1.45. The Bertz CT molecular complexity index is 689. The quantitative estimate of drug-likeness (QED) is 0.934. The number of nitrogens with zero attached hydrogens (tertiary/aromatic N) is 2. The number of halogens is 1. The molecule has 0 aliphatic carbocycles. The van der Waals surface area contributed by atoms with E-state index in [0.717, 1.165) is 29.9 Å². The molecule has 2 aromatic rings. The van der Waals surface area contributed by atoms with Gasteiger partial charge in [0.05, 0.1) is 17.7 Å². The Morgan fingerprint density at radius 1 is 1.33 bits per heavy atom. The molecule has 24 heavy (non-hydrogen) atoms. The number of likely N-dealkylation sites (tertiary alicyclic amines) is 1. The van der Waals surface area contributed by atoms with Crippen LogP contribution in [0.3, 0.4) is 0 Å². The van der Waals surface area contributed by atoms with E-state index in [1.54, 1.807) is 6.07 Å². The number of benzene rings is 1. The Hall–Kier alpha value is -2.27. The molecule has 2 unspecified atom stereocenters. The van der Waals surface area contributed by atoms with Crippen molar-refractivity contribution in [2.45, 2.75) is 25.8 Å². The molecule has 2 atom stereocenters. The van der Waals surface area contributed by atoms with Crippen LogP contribution in [0.25, 0.3) is 0 Å². The molecule has 1 aromatic heterocycles. The zero-order valence-corrected chi connectivity index (χ0v) is 13.7. The highest BCUT2D eigenvalue weighted by Crippen LogP contribution is 2.32. The first-order valence-corrected chi connectivity index (χ1v) is 8.20. The molecule has 0 radical (unpaired) electrons. The Balaban J connectivity index is 2.00. The zero-order valence-electron chi connectivity index (χ0n) is 13.7. The number of pyridine rings is 1. The van der Waals surface area contributed by atoms with Crippen LogP contribution in [-0.4, -0.2) is 34.0 Å². The predicted octanol–water partition coefficient (Wildman–Crippen LogP) is 3.42. The van der Waals surface area contributed by atoms with Gasteiger partial charge in [-0.3, -0.25) is 14.7 Å². The van der Waals surface area contributed by atoms with Crippen molar-refractivity contribution < 1.29 is 14.3 Å². The third kappa shape index (κ3) is 3.62. The first-order chi connectivity index (χ1) is 11.5. The van der Waals surface area contributed by atoms with E-state index >= 15 is 0 Å². The topological polar surface area (TPSA) is 53.4 Å². The third-order valence-corrected chi connectivity index (χ3v) is 4.52. The summed E-state index contributed by atoms with van der Waals surface area (Å²) in [6, 6.07) is 12.0. The lowest BCUT2D eigenvalue weighted by Gasteiger charge is -2.37. The molecule has 126 valence electrons. The smallest absolute Gasteiger partial charge is 0.307 e. The Morgan fingerprint density at radius 2 is 2.12 bits per heavy atom. The van der Waals surface area contributed by atoms with E-state index in [4.69, 9.17) is 0 Å². The summed E-state index contributed by atoms with van der Waals surface area (Å²) in [4.78, 5) is 18.1. The lowest BCUT2D eigenvalue weighted by Crippen LogP contribution is -2.41. The van der Waals surface area contributed by atoms with Gasteiger partial charge in [-0.1, -0.05) is 18.2 Å². The maximum atomic E-state index is 13.8. The van der Waals surface area contributed by atoms with Crippen molar-refractivity contribution in [2.75, 3.05) is 13.1 Å². The highest BCUT2D eigenvalue weighted by atomic mass is 19.1. The molecule has 1 saturated heterocycles. The van der Waals surface area contributed by atoms with E-state index < -0.39 is 5.97 Å². The lowest BCUT2D eigenvalue weighted by molar-refractivity contribution is -0.143. The first-order valence-electron chi connectivity index (χ1n) is 8.20. The van der Waals surface area contributed by atoms with Crippen LogP contribution in [0, 0.1) is 18.7 Å². The number of aliphatic carboxylic acids is 1. The average molecular weight is 328 g/mol. The predicted molar refractivity (Wildman–Crippen MR) is 89.1 cm³/mol. The van der Waals surface area contributed by atoms with Gasteiger partial charge in [0, 0.05) is 12.2 Å². The second kappa shape index (κ2) is 7.09. The van der Waals surface area contributed by atoms with Crippen LogP contribution in [0.1, 0.15) is 35.8 Å². The minimum atomic E-state index is -0.769. The van der Waals surface area contributed by atoms with Gasteiger partial charge in [0.15, 0.2) is 0 Å². The van der Waals surface area contributed by atoms with Gasteiger partial charge in [0.1, 0.15) is 5.82 Å². The van der Waals surface area contributed by atoms with Gasteiger partial charge < -0.3 is 5.11 Å². The summed E-state index contributed by atoms with van der Waals surface area (Å²) in [5, 5.41) is 9.36. The van der Waals surface area contributed by atoms with Crippen LogP contribution >= 0.6 is 0 Å². The number of aromatic nitrogens is 1. The molecule has 1 fully saturated rings. The van der Waals surface area contributed by atoms with Gasteiger partial charge in [-0.25, -0.2) is 4.39 Å². The number of hydrogen-bond acceptors (Lipinski definition) is 3. The summed E-state index contributed by atoms with van der Waals surface area (Å²) in [6.45, 7) is 3.15. The van der Waals surface area contributed by atoms with E-state index in [0.29, 0.717) is 13.0 Å². The van der Waals surface area contributed by atoms with Crippen molar-refractivity contribution in [2.24, 2.45) is 5.92 Å². The summed E-state index contributed by atoms with van der Waals surface area (Å²) >= 11 is 0. The Labute approximate surface area is 141 Å². The molecule has 0 amide bonds. The fraction of sp³-hybridized carbons (Fsp3) is 0.368. The minimum absolute atomic E-state index is 0.234. The average Bonchev–Trinajstić information content (AvgIpc) is 2.55. The van der Waals surface area contributed by atoms with Gasteiger partial charge in [0.2, 0.25) is 0 Å². The largest absolute Gasteiger partial charge is 0.481 e. The van der Waals surface area contributed by atoms with Crippen molar-refractivity contribution in [1.29, 1.82) is 0 Å². The van der Waals surface area contributed by atoms with Crippen LogP contribution in [0.15, 0.2) is 42.5 Å². The maximum absolute atomic E-state index is 13.8. The van der Waals surface area contributed by atoms with E-state index in [-0.39, 0.29) is 17.8 Å². The number of carboxylic acids is 1. The van der Waals surface area contributed by atoms with Crippen molar-refractivity contribution in [1.82, 2.24) is 9.88 Å². The van der Waals surface area contributed by atoms with Gasteiger partial charge in [-0.15, -0.1) is 0 Å². The number of carbonyl (C=O) groups is 1. The molecular formula is C19H21FN2O2. The number of carboxylic acid groups (broad SMARTS) is 1. The molecule has 4 nitrogen and oxygen atoms in total. The molecule has 5 heteroatoms. The van der Waals surface area contributed by atoms with Crippen LogP contribution in [0.5, 0.6) is 0 Å². The SMILES string of the molecule is Cc1cccc(C(c2cccc(F)c2)N2CCCC(C(=O)O)C2)n1. The summed E-state index contributed by atoms with van der Waals surface area (Å²) < 4.78 is 13.8. The molecule has 1 aliphatic rings. The highest BCUT2D eigenvalue weighted by Gasteiger charge is 2.32. The van der Waals surface area contributed by atoms with Crippen LogP contribution in [0.2, 0.25) is 0 Å². The molecule has 1 aliphatic heterocycles. The molecule has 3 rings (SSSR count). The minimum Gasteiger partial charge on any atom is -0.481 e. The molecule has 1 N–H and O–H groups in total. The highest BCUT2D eigenvalue weighted by molar-refractivity contribution is 5.70. The zero-order chi connectivity index (χ0) is 17.1. The van der Waals surface area contributed by atoms with E-state index in [1.165, 1.54) is 12.1 Å². The van der Waals surface area contributed by atoms with Crippen LogP contribution < -0.4 is 0 Å². The number of aryl methyl sites for hydroxylation is 1. The molecule has 0 bridgehead atoms. The molecule has 0 saturated carbocycles. The monoisotopic (exact) mass is 328 g/mol. The first kappa shape index (κ1) is 16.6. The van der Waals surface area contributed by atoms with Crippen LogP contribution in [-0.2, 0) is 4.79 Å². The third-order valence-electron chi connectivity index (χ3n) is 4.52. The van der Waals surface area contributed by atoms with Crippen LogP contribution in [0.4, 0.5) is 4.39 Å². The summed E-state index contributed by atoms with van der Waals surface area (Å²) in [7, 11) is 0. The van der Waals surface area contributed by atoms with Gasteiger partial charge in [-0.2, -0.15) is 0 Å². The number of hydrogen-bond donors (Lipinski definition) is 1. The summed E-state index contributed by atoms with van der Waals surface area (Å²) in [6.07, 6.45) is 1.50.